The molecule has 1 amide bonds. The van der Waals surface area contributed by atoms with Gasteiger partial charge in [0.25, 0.3) is 5.91 Å². The lowest BCUT2D eigenvalue weighted by atomic mass is 10.0. The molecule has 0 spiro atoms. The van der Waals surface area contributed by atoms with E-state index < -0.39 is 0 Å². The van der Waals surface area contributed by atoms with Gasteiger partial charge < -0.3 is 4.90 Å². The highest BCUT2D eigenvalue weighted by molar-refractivity contribution is 6.06. The Morgan fingerprint density at radius 1 is 1.08 bits per heavy atom. The maximum atomic E-state index is 13.1. The molecular weight excluding hydrogens is 298 g/mol. The lowest BCUT2D eigenvalue weighted by Crippen LogP contribution is -2.30. The van der Waals surface area contributed by atoms with Crippen LogP contribution in [0.25, 0.3) is 0 Å². The number of nitrogens with zero attached hydrogens (tertiary/aromatic N) is 3. The maximum Gasteiger partial charge on any atom is 0.258 e. The zero-order valence-electron chi connectivity index (χ0n) is 13.9. The Kier molecular flexibility index (Phi) is 3.45. The number of hydrogen-bond acceptors (Lipinski definition) is 2. The molecule has 120 valence electrons. The van der Waals surface area contributed by atoms with Crippen molar-refractivity contribution in [1.29, 1.82) is 0 Å². The van der Waals surface area contributed by atoms with E-state index in [9.17, 15) is 4.79 Å². The third kappa shape index (κ3) is 2.40. The summed E-state index contributed by atoms with van der Waals surface area (Å²) in [5.41, 5.74) is 6.30. The summed E-state index contributed by atoms with van der Waals surface area (Å²) in [6, 6.07) is 15.8. The second-order valence-electron chi connectivity index (χ2n) is 6.31. The zero-order chi connectivity index (χ0) is 16.7. The standard InChI is InChI=1S/C20H19N3O/c1-14-8-9-16-11-18-17(12-21-22(18)2)13-23(19(16)10-14)20(24)15-6-4-3-5-7-15/h3-10,12H,11,13H2,1-2H3. The van der Waals surface area contributed by atoms with Crippen molar-refractivity contribution in [3.8, 4) is 0 Å². The molecule has 2 aromatic carbocycles. The van der Waals surface area contributed by atoms with Crippen LogP contribution in [0, 0.1) is 6.92 Å². The van der Waals surface area contributed by atoms with E-state index in [2.05, 4.69) is 30.2 Å². The first-order valence-electron chi connectivity index (χ1n) is 8.09. The van der Waals surface area contributed by atoms with E-state index in [4.69, 9.17) is 0 Å². The first kappa shape index (κ1) is 14.7. The number of carbonyl (C=O) groups excluding carboxylic acids is 1. The van der Waals surface area contributed by atoms with Crippen LogP contribution in [-0.2, 0) is 20.0 Å². The van der Waals surface area contributed by atoms with Crippen LogP contribution < -0.4 is 4.90 Å². The Balaban J connectivity index is 1.86. The number of aryl methyl sites for hydroxylation is 2. The Bertz CT molecular complexity index is 912. The minimum Gasteiger partial charge on any atom is -0.304 e. The smallest absolute Gasteiger partial charge is 0.258 e. The van der Waals surface area contributed by atoms with Crippen molar-refractivity contribution in [1.82, 2.24) is 9.78 Å². The molecule has 1 aliphatic heterocycles. The molecule has 3 aromatic rings. The van der Waals surface area contributed by atoms with Crippen molar-refractivity contribution in [3.63, 3.8) is 0 Å². The summed E-state index contributed by atoms with van der Waals surface area (Å²) < 4.78 is 1.91. The van der Waals surface area contributed by atoms with Crippen LogP contribution in [0.2, 0.25) is 0 Å². The topological polar surface area (TPSA) is 38.1 Å². The third-order valence-corrected chi connectivity index (χ3v) is 4.63. The van der Waals surface area contributed by atoms with E-state index in [1.165, 1.54) is 5.69 Å². The maximum absolute atomic E-state index is 13.1. The van der Waals surface area contributed by atoms with Gasteiger partial charge in [0.15, 0.2) is 0 Å². The van der Waals surface area contributed by atoms with Crippen molar-refractivity contribution in [3.05, 3.63) is 82.7 Å². The van der Waals surface area contributed by atoms with Gasteiger partial charge in [-0.1, -0.05) is 30.3 Å². The normalized spacial score (nSPS) is 13.2. The molecule has 4 rings (SSSR count). The van der Waals surface area contributed by atoms with Crippen molar-refractivity contribution < 1.29 is 4.79 Å². The van der Waals surface area contributed by atoms with E-state index in [1.807, 2.05) is 53.2 Å². The fraction of sp³-hybridized carbons (Fsp3) is 0.200. The number of amides is 1. The molecule has 0 aliphatic carbocycles. The van der Waals surface area contributed by atoms with Gasteiger partial charge in [-0.3, -0.25) is 9.48 Å². The minimum absolute atomic E-state index is 0.0270. The second-order valence-corrected chi connectivity index (χ2v) is 6.31. The van der Waals surface area contributed by atoms with E-state index in [-0.39, 0.29) is 5.91 Å². The largest absolute Gasteiger partial charge is 0.304 e. The molecule has 0 bridgehead atoms. The highest BCUT2D eigenvalue weighted by Crippen LogP contribution is 2.32. The van der Waals surface area contributed by atoms with E-state index >= 15 is 0 Å². The van der Waals surface area contributed by atoms with Crippen molar-refractivity contribution in [2.75, 3.05) is 4.90 Å². The van der Waals surface area contributed by atoms with Gasteiger partial charge in [0.1, 0.15) is 0 Å². The van der Waals surface area contributed by atoms with Gasteiger partial charge >= 0.3 is 0 Å². The molecule has 0 unspecified atom stereocenters. The summed E-state index contributed by atoms with van der Waals surface area (Å²) in [6.07, 6.45) is 2.67. The lowest BCUT2D eigenvalue weighted by Gasteiger charge is -2.23. The molecule has 0 saturated heterocycles. The molecule has 0 radical (unpaired) electrons. The monoisotopic (exact) mass is 317 g/mol. The fourth-order valence-electron chi connectivity index (χ4n) is 3.30. The molecule has 4 heteroatoms. The van der Waals surface area contributed by atoms with E-state index in [1.54, 1.807) is 0 Å². The predicted octanol–water partition coefficient (Wildman–Crippen LogP) is 3.48. The van der Waals surface area contributed by atoms with Crippen LogP contribution in [0.3, 0.4) is 0 Å². The first-order valence-corrected chi connectivity index (χ1v) is 8.09. The van der Waals surface area contributed by atoms with Crippen LogP contribution in [0.1, 0.15) is 32.7 Å². The van der Waals surface area contributed by atoms with Crippen LogP contribution in [0.15, 0.2) is 54.7 Å². The average molecular weight is 317 g/mol. The summed E-state index contributed by atoms with van der Waals surface area (Å²) in [5, 5.41) is 4.38. The second kappa shape index (κ2) is 5.64. The SMILES string of the molecule is Cc1ccc2c(c1)N(C(=O)c1ccccc1)Cc1cnn(C)c1C2. The molecule has 0 fully saturated rings. The number of aromatic nitrogens is 2. The summed E-state index contributed by atoms with van der Waals surface area (Å²) in [5.74, 6) is 0.0270. The molecule has 1 aromatic heterocycles. The molecule has 4 nitrogen and oxygen atoms in total. The van der Waals surface area contributed by atoms with Crippen LogP contribution in [0.4, 0.5) is 5.69 Å². The van der Waals surface area contributed by atoms with Crippen LogP contribution in [0.5, 0.6) is 0 Å². The molecule has 0 saturated carbocycles. The Hall–Kier alpha value is -2.88. The molecular formula is C20H19N3O. The first-order chi connectivity index (χ1) is 11.6. The summed E-state index contributed by atoms with van der Waals surface area (Å²) in [6.45, 7) is 2.61. The Morgan fingerprint density at radius 2 is 1.88 bits per heavy atom. The molecule has 2 heterocycles. The van der Waals surface area contributed by atoms with Gasteiger partial charge in [-0.05, 0) is 36.2 Å². The molecule has 0 atom stereocenters. The quantitative estimate of drug-likeness (QED) is 0.689. The van der Waals surface area contributed by atoms with Crippen molar-refractivity contribution in [2.24, 2.45) is 7.05 Å². The van der Waals surface area contributed by atoms with Crippen LogP contribution >= 0.6 is 0 Å². The summed E-state index contributed by atoms with van der Waals surface area (Å²) >= 11 is 0. The Morgan fingerprint density at radius 3 is 2.67 bits per heavy atom. The zero-order valence-corrected chi connectivity index (χ0v) is 13.9. The van der Waals surface area contributed by atoms with Crippen molar-refractivity contribution in [2.45, 2.75) is 19.9 Å². The predicted molar refractivity (Wildman–Crippen MR) is 94.1 cm³/mol. The highest BCUT2D eigenvalue weighted by Gasteiger charge is 2.26. The van der Waals surface area contributed by atoms with Gasteiger partial charge in [0.05, 0.1) is 12.7 Å². The average Bonchev–Trinajstić information content (AvgIpc) is 2.85. The van der Waals surface area contributed by atoms with Crippen molar-refractivity contribution >= 4 is 11.6 Å². The van der Waals surface area contributed by atoms with Gasteiger partial charge in [-0.25, -0.2) is 0 Å². The lowest BCUT2D eigenvalue weighted by molar-refractivity contribution is 0.0985. The fourth-order valence-corrected chi connectivity index (χ4v) is 3.30. The number of fused-ring (bicyclic) bond motifs is 2. The van der Waals surface area contributed by atoms with E-state index in [0.717, 1.165) is 28.8 Å². The molecule has 1 aliphatic rings. The number of hydrogen-bond donors (Lipinski definition) is 0. The Labute approximate surface area is 141 Å². The molecule has 0 N–H and O–H groups in total. The highest BCUT2D eigenvalue weighted by atomic mass is 16.2. The van der Waals surface area contributed by atoms with Gasteiger partial charge in [0.2, 0.25) is 0 Å². The summed E-state index contributed by atoms with van der Waals surface area (Å²) in [4.78, 5) is 15.0. The number of carbonyl (C=O) groups is 1. The van der Waals surface area contributed by atoms with Gasteiger partial charge in [-0.2, -0.15) is 5.10 Å². The van der Waals surface area contributed by atoms with Gasteiger partial charge in [0, 0.05) is 36.0 Å². The third-order valence-electron chi connectivity index (χ3n) is 4.63. The van der Waals surface area contributed by atoms with Crippen LogP contribution in [-0.4, -0.2) is 15.7 Å². The molecule has 24 heavy (non-hydrogen) atoms. The number of benzene rings is 2. The van der Waals surface area contributed by atoms with Gasteiger partial charge in [-0.15, -0.1) is 0 Å². The number of rotatable bonds is 1. The minimum atomic E-state index is 0.0270. The van der Waals surface area contributed by atoms with E-state index in [0.29, 0.717) is 12.1 Å². The number of anilines is 1. The summed E-state index contributed by atoms with van der Waals surface area (Å²) in [7, 11) is 1.96.